The largest absolute Gasteiger partial charge is 0.373 e. The number of hydrogen-bond acceptors (Lipinski definition) is 5. The van der Waals surface area contributed by atoms with Gasteiger partial charge in [0.25, 0.3) is 6.43 Å². The van der Waals surface area contributed by atoms with Crippen molar-refractivity contribution < 1.29 is 22.7 Å². The number of carbonyl (C=O) groups excluding carboxylic acids is 1. The number of anilines is 1. The quantitative estimate of drug-likeness (QED) is 0.605. The van der Waals surface area contributed by atoms with Crippen LogP contribution in [0.25, 0.3) is 0 Å². The summed E-state index contributed by atoms with van der Waals surface area (Å²) in [6.07, 6.45) is 1.73. The van der Waals surface area contributed by atoms with E-state index in [4.69, 9.17) is 4.74 Å². The first-order valence-corrected chi connectivity index (χ1v) is 11.4. The molecule has 1 amide bonds. The normalized spacial score (nSPS) is 25.5. The standard InChI is InChI=1S/C24H27F3N4O2/c1-13-29-17(8-19(32)31-24-9-14(10-24)11-24)20(18-6-3-7-33-18)23(30-13)28-12-15-4-2-5-16(21(15)25)22(26)27/h2,4-5,14,18,22H,3,6-12H2,1H3,(H,31,32)(H,28,29,30). The number of ether oxygens (including phenoxy) is 1. The van der Waals surface area contributed by atoms with Gasteiger partial charge in [0.2, 0.25) is 5.91 Å². The second-order valence-electron chi connectivity index (χ2n) is 9.44. The average Bonchev–Trinajstić information content (AvgIpc) is 3.23. The molecule has 1 saturated heterocycles. The van der Waals surface area contributed by atoms with Crippen LogP contribution in [0.1, 0.15) is 72.8 Å². The minimum absolute atomic E-state index is 0.0256. The van der Waals surface area contributed by atoms with Crippen molar-refractivity contribution in [1.29, 1.82) is 0 Å². The van der Waals surface area contributed by atoms with E-state index in [0.29, 0.717) is 29.5 Å². The van der Waals surface area contributed by atoms with E-state index in [1.807, 2.05) is 0 Å². The fourth-order valence-electron chi connectivity index (χ4n) is 5.26. The summed E-state index contributed by atoms with van der Waals surface area (Å²) in [6.45, 7) is 2.29. The van der Waals surface area contributed by atoms with Crippen molar-refractivity contribution in [2.24, 2.45) is 5.92 Å². The number of hydrogen-bond donors (Lipinski definition) is 2. The molecule has 1 unspecified atom stereocenters. The number of aryl methyl sites for hydroxylation is 1. The third kappa shape index (κ3) is 4.30. The van der Waals surface area contributed by atoms with Crippen molar-refractivity contribution in [3.8, 4) is 0 Å². The van der Waals surface area contributed by atoms with Gasteiger partial charge in [-0.25, -0.2) is 23.1 Å². The van der Waals surface area contributed by atoms with Crippen molar-refractivity contribution in [3.05, 3.63) is 52.2 Å². The molecule has 176 valence electrons. The van der Waals surface area contributed by atoms with E-state index in [1.165, 1.54) is 12.1 Å². The van der Waals surface area contributed by atoms with Crippen LogP contribution in [0.15, 0.2) is 18.2 Å². The molecule has 33 heavy (non-hydrogen) atoms. The van der Waals surface area contributed by atoms with E-state index >= 15 is 0 Å². The van der Waals surface area contributed by atoms with E-state index in [1.54, 1.807) is 6.92 Å². The number of nitrogens with zero attached hydrogens (tertiary/aromatic N) is 2. The number of carbonyl (C=O) groups is 1. The lowest BCUT2D eigenvalue weighted by Gasteiger charge is -2.61. The Bertz CT molecular complexity index is 1050. The van der Waals surface area contributed by atoms with Crippen molar-refractivity contribution >= 4 is 11.7 Å². The molecule has 9 heteroatoms. The molecule has 1 aromatic carbocycles. The Morgan fingerprint density at radius 1 is 1.27 bits per heavy atom. The van der Waals surface area contributed by atoms with Gasteiger partial charge in [-0.05, 0) is 44.9 Å². The molecule has 3 aliphatic carbocycles. The van der Waals surface area contributed by atoms with Crippen molar-refractivity contribution in [2.75, 3.05) is 11.9 Å². The maximum atomic E-state index is 14.5. The van der Waals surface area contributed by atoms with Gasteiger partial charge < -0.3 is 15.4 Å². The Morgan fingerprint density at radius 2 is 2.06 bits per heavy atom. The summed E-state index contributed by atoms with van der Waals surface area (Å²) in [6, 6.07) is 3.96. The van der Waals surface area contributed by atoms with Crippen LogP contribution in [0.3, 0.4) is 0 Å². The number of aromatic nitrogens is 2. The summed E-state index contributed by atoms with van der Waals surface area (Å²) in [5, 5.41) is 6.26. The molecule has 2 bridgehead atoms. The maximum Gasteiger partial charge on any atom is 0.266 e. The zero-order valence-corrected chi connectivity index (χ0v) is 18.5. The van der Waals surface area contributed by atoms with E-state index in [2.05, 4.69) is 20.6 Å². The van der Waals surface area contributed by atoms with Crippen LogP contribution < -0.4 is 10.6 Å². The van der Waals surface area contributed by atoms with E-state index < -0.39 is 17.8 Å². The smallest absolute Gasteiger partial charge is 0.266 e. The molecule has 2 heterocycles. The molecule has 4 fully saturated rings. The number of halogens is 3. The minimum Gasteiger partial charge on any atom is -0.373 e. The van der Waals surface area contributed by atoms with Gasteiger partial charge >= 0.3 is 0 Å². The molecule has 6 rings (SSSR count). The lowest BCUT2D eigenvalue weighted by Crippen LogP contribution is -2.68. The fraction of sp³-hybridized carbons (Fsp3) is 0.542. The number of nitrogens with one attached hydrogen (secondary N) is 2. The van der Waals surface area contributed by atoms with E-state index in [9.17, 15) is 18.0 Å². The maximum absolute atomic E-state index is 14.5. The summed E-state index contributed by atoms with van der Waals surface area (Å²) < 4.78 is 46.6. The van der Waals surface area contributed by atoms with Gasteiger partial charge in [0.15, 0.2) is 0 Å². The Kier molecular flexibility index (Phi) is 5.76. The highest BCUT2D eigenvalue weighted by molar-refractivity contribution is 5.80. The minimum atomic E-state index is -2.89. The van der Waals surface area contributed by atoms with Crippen LogP contribution in [0.5, 0.6) is 0 Å². The Balaban J connectivity index is 1.40. The highest BCUT2D eigenvalue weighted by Gasteiger charge is 2.57. The molecule has 3 saturated carbocycles. The first kappa shape index (κ1) is 22.1. The summed E-state index contributed by atoms with van der Waals surface area (Å²) in [5.41, 5.74) is 0.741. The second kappa shape index (κ2) is 8.59. The molecule has 1 aliphatic heterocycles. The lowest BCUT2D eigenvalue weighted by atomic mass is 9.50. The molecule has 1 atom stereocenters. The van der Waals surface area contributed by atoms with Crippen molar-refractivity contribution in [3.63, 3.8) is 0 Å². The summed E-state index contributed by atoms with van der Waals surface area (Å²) >= 11 is 0. The predicted octanol–water partition coefficient (Wildman–Crippen LogP) is 4.54. The molecule has 6 nitrogen and oxygen atoms in total. The topological polar surface area (TPSA) is 76.1 Å². The highest BCUT2D eigenvalue weighted by Crippen LogP contribution is 2.56. The molecule has 0 spiro atoms. The molecule has 0 radical (unpaired) electrons. The third-order valence-corrected chi connectivity index (χ3v) is 6.95. The van der Waals surface area contributed by atoms with Crippen LogP contribution in [-0.4, -0.2) is 28.0 Å². The predicted molar refractivity (Wildman–Crippen MR) is 115 cm³/mol. The third-order valence-electron chi connectivity index (χ3n) is 6.95. The van der Waals surface area contributed by atoms with Gasteiger partial charge in [-0.1, -0.05) is 18.2 Å². The van der Waals surface area contributed by atoms with Crippen molar-refractivity contribution in [2.45, 2.75) is 70.1 Å². The number of alkyl halides is 2. The first-order chi connectivity index (χ1) is 15.8. The SMILES string of the molecule is Cc1nc(CC(=O)NC23CC(C2)C3)c(C2CCCO2)c(NCc2cccc(C(F)F)c2F)n1. The van der Waals surface area contributed by atoms with Crippen LogP contribution in [0, 0.1) is 18.7 Å². The fourth-order valence-corrected chi connectivity index (χ4v) is 5.26. The van der Waals surface area contributed by atoms with Crippen LogP contribution >= 0.6 is 0 Å². The highest BCUT2D eigenvalue weighted by atomic mass is 19.3. The number of amides is 1. The molecule has 2 aromatic rings. The summed E-state index contributed by atoms with van der Waals surface area (Å²) in [4.78, 5) is 21.9. The van der Waals surface area contributed by atoms with Gasteiger partial charge in [0.05, 0.1) is 23.8 Å². The van der Waals surface area contributed by atoms with Gasteiger partial charge in [-0.15, -0.1) is 0 Å². The van der Waals surface area contributed by atoms with Gasteiger partial charge in [-0.3, -0.25) is 4.79 Å². The zero-order chi connectivity index (χ0) is 23.2. The van der Waals surface area contributed by atoms with E-state index in [0.717, 1.165) is 44.1 Å². The Morgan fingerprint density at radius 3 is 2.70 bits per heavy atom. The Hall–Kier alpha value is -2.68. The average molecular weight is 461 g/mol. The van der Waals surface area contributed by atoms with Gasteiger partial charge in [0.1, 0.15) is 17.5 Å². The second-order valence-corrected chi connectivity index (χ2v) is 9.44. The van der Waals surface area contributed by atoms with Crippen LogP contribution in [0.4, 0.5) is 19.0 Å². The molecule has 4 aliphatic rings. The van der Waals surface area contributed by atoms with Gasteiger partial charge in [-0.2, -0.15) is 0 Å². The van der Waals surface area contributed by atoms with Crippen molar-refractivity contribution in [1.82, 2.24) is 15.3 Å². The Labute approximate surface area is 190 Å². The van der Waals surface area contributed by atoms with Crippen LogP contribution in [-0.2, 0) is 22.5 Å². The number of benzene rings is 1. The molecule has 2 N–H and O–H groups in total. The molecular weight excluding hydrogens is 433 g/mol. The first-order valence-electron chi connectivity index (χ1n) is 11.4. The molecular formula is C24H27F3N4O2. The molecule has 1 aromatic heterocycles. The zero-order valence-electron chi connectivity index (χ0n) is 18.5. The van der Waals surface area contributed by atoms with Gasteiger partial charge in [0, 0.05) is 29.8 Å². The van der Waals surface area contributed by atoms with Crippen LogP contribution in [0.2, 0.25) is 0 Å². The monoisotopic (exact) mass is 460 g/mol. The lowest BCUT2D eigenvalue weighted by molar-refractivity contribution is -0.132. The summed E-state index contributed by atoms with van der Waals surface area (Å²) in [5.74, 6) is 0.669. The van der Waals surface area contributed by atoms with E-state index in [-0.39, 0.29) is 36.1 Å². The number of rotatable bonds is 8. The summed E-state index contributed by atoms with van der Waals surface area (Å²) in [7, 11) is 0.